The van der Waals surface area contributed by atoms with Gasteiger partial charge >= 0.3 is 0 Å². The van der Waals surface area contributed by atoms with Gasteiger partial charge in [-0.3, -0.25) is 0 Å². The van der Waals surface area contributed by atoms with Crippen molar-refractivity contribution in [3.63, 3.8) is 0 Å². The van der Waals surface area contributed by atoms with Crippen molar-refractivity contribution in [3.8, 4) is 0 Å². The van der Waals surface area contributed by atoms with Crippen molar-refractivity contribution < 1.29 is 8.78 Å². The number of rotatable bonds is 4. The fourth-order valence-corrected chi connectivity index (χ4v) is 2.01. The van der Waals surface area contributed by atoms with Crippen molar-refractivity contribution in [1.82, 2.24) is 5.32 Å². The highest BCUT2D eigenvalue weighted by atomic mass is 19.1. The Morgan fingerprint density at radius 3 is 2.47 bits per heavy atom. The molecule has 1 atom stereocenters. The maximum atomic E-state index is 13.1. The number of aryl methyl sites for hydroxylation is 1. The fraction of sp³-hybridized carbons (Fsp3) is 0.250. The summed E-state index contributed by atoms with van der Waals surface area (Å²) in [5.74, 6) is -0.455. The van der Waals surface area contributed by atoms with Crippen molar-refractivity contribution in [3.05, 3.63) is 70.8 Å². The summed E-state index contributed by atoms with van der Waals surface area (Å²) < 4.78 is 26.1. The standard InChI is InChI=1S/C16H17F2N/c1-11-8-16(18)7-6-14(11)10-19-12(2)13-4-3-5-15(17)9-13/h3-9,12,19H,10H2,1-2H3/t12-/m1/s1. The molecule has 0 unspecified atom stereocenters. The van der Waals surface area contributed by atoms with Gasteiger partial charge in [0.2, 0.25) is 0 Å². The minimum Gasteiger partial charge on any atom is -0.306 e. The van der Waals surface area contributed by atoms with Crippen molar-refractivity contribution in [2.45, 2.75) is 26.4 Å². The van der Waals surface area contributed by atoms with E-state index in [1.807, 2.05) is 19.9 Å². The summed E-state index contributed by atoms with van der Waals surface area (Å²) >= 11 is 0. The normalized spacial score (nSPS) is 12.4. The average molecular weight is 261 g/mol. The van der Waals surface area contributed by atoms with E-state index in [9.17, 15) is 8.78 Å². The molecular weight excluding hydrogens is 244 g/mol. The largest absolute Gasteiger partial charge is 0.306 e. The summed E-state index contributed by atoms with van der Waals surface area (Å²) in [6.07, 6.45) is 0. The molecule has 0 fully saturated rings. The van der Waals surface area contributed by atoms with Crippen LogP contribution in [0.3, 0.4) is 0 Å². The maximum Gasteiger partial charge on any atom is 0.123 e. The lowest BCUT2D eigenvalue weighted by molar-refractivity contribution is 0.562. The van der Waals surface area contributed by atoms with Crippen molar-refractivity contribution in [2.24, 2.45) is 0 Å². The maximum absolute atomic E-state index is 13.1. The van der Waals surface area contributed by atoms with Crippen LogP contribution in [-0.2, 0) is 6.54 Å². The molecule has 0 spiro atoms. The number of benzene rings is 2. The predicted octanol–water partition coefficient (Wildman–Crippen LogP) is 4.12. The molecule has 0 heterocycles. The molecule has 2 aromatic rings. The summed E-state index contributed by atoms with van der Waals surface area (Å²) in [4.78, 5) is 0. The third kappa shape index (κ3) is 3.61. The number of nitrogens with one attached hydrogen (secondary N) is 1. The van der Waals surface area contributed by atoms with Gasteiger partial charge in [-0.25, -0.2) is 8.78 Å². The van der Waals surface area contributed by atoms with Gasteiger partial charge in [0.05, 0.1) is 0 Å². The summed E-state index contributed by atoms with van der Waals surface area (Å²) in [5.41, 5.74) is 2.86. The zero-order valence-corrected chi connectivity index (χ0v) is 11.1. The molecule has 0 aliphatic carbocycles. The van der Waals surface area contributed by atoms with Gasteiger partial charge in [-0.05, 0) is 54.8 Å². The molecule has 0 aliphatic rings. The van der Waals surface area contributed by atoms with Crippen LogP contribution in [0.2, 0.25) is 0 Å². The third-order valence-corrected chi connectivity index (χ3v) is 3.25. The lowest BCUT2D eigenvalue weighted by Crippen LogP contribution is -2.18. The molecule has 2 rings (SSSR count). The summed E-state index contributed by atoms with van der Waals surface area (Å²) in [6.45, 7) is 4.49. The van der Waals surface area contributed by atoms with Crippen molar-refractivity contribution in [2.75, 3.05) is 0 Å². The molecular formula is C16H17F2N. The van der Waals surface area contributed by atoms with Crippen molar-refractivity contribution >= 4 is 0 Å². The van der Waals surface area contributed by atoms with E-state index in [0.717, 1.165) is 16.7 Å². The van der Waals surface area contributed by atoms with Gasteiger partial charge < -0.3 is 5.32 Å². The zero-order chi connectivity index (χ0) is 13.8. The Morgan fingerprint density at radius 2 is 1.79 bits per heavy atom. The Kier molecular flexibility index (Phi) is 4.27. The van der Waals surface area contributed by atoms with Gasteiger partial charge in [-0.1, -0.05) is 18.2 Å². The topological polar surface area (TPSA) is 12.0 Å². The predicted molar refractivity (Wildman–Crippen MR) is 72.8 cm³/mol. The van der Waals surface area contributed by atoms with Crippen LogP contribution in [0, 0.1) is 18.6 Å². The van der Waals surface area contributed by atoms with Crippen LogP contribution in [-0.4, -0.2) is 0 Å². The molecule has 0 aliphatic heterocycles. The van der Waals surface area contributed by atoms with Gasteiger partial charge in [-0.15, -0.1) is 0 Å². The van der Waals surface area contributed by atoms with Crippen molar-refractivity contribution in [1.29, 1.82) is 0 Å². The van der Waals surface area contributed by atoms with E-state index in [2.05, 4.69) is 5.32 Å². The van der Waals surface area contributed by atoms with E-state index in [1.54, 1.807) is 12.1 Å². The van der Waals surface area contributed by atoms with E-state index < -0.39 is 0 Å². The summed E-state index contributed by atoms with van der Waals surface area (Å²) in [7, 11) is 0. The first-order chi connectivity index (χ1) is 9.06. The van der Waals surface area contributed by atoms with Crippen LogP contribution in [0.25, 0.3) is 0 Å². The van der Waals surface area contributed by atoms with Gasteiger partial charge in [-0.2, -0.15) is 0 Å². The number of halogens is 2. The van der Waals surface area contributed by atoms with E-state index in [0.29, 0.717) is 6.54 Å². The first kappa shape index (κ1) is 13.7. The molecule has 0 aromatic heterocycles. The van der Waals surface area contributed by atoms with Crippen LogP contribution in [0.15, 0.2) is 42.5 Å². The molecule has 0 amide bonds. The minimum absolute atomic E-state index is 0.0418. The fourth-order valence-electron chi connectivity index (χ4n) is 2.01. The van der Waals surface area contributed by atoms with E-state index >= 15 is 0 Å². The lowest BCUT2D eigenvalue weighted by atomic mass is 10.1. The average Bonchev–Trinajstić information content (AvgIpc) is 2.37. The Morgan fingerprint density at radius 1 is 1.05 bits per heavy atom. The first-order valence-electron chi connectivity index (χ1n) is 6.30. The van der Waals surface area contributed by atoms with Gasteiger partial charge in [0.1, 0.15) is 11.6 Å². The molecule has 19 heavy (non-hydrogen) atoms. The van der Waals surface area contributed by atoms with Crippen LogP contribution in [0.5, 0.6) is 0 Å². The SMILES string of the molecule is Cc1cc(F)ccc1CN[C@H](C)c1cccc(F)c1. The van der Waals surface area contributed by atoms with E-state index in [-0.39, 0.29) is 17.7 Å². The molecule has 2 aromatic carbocycles. The molecule has 0 saturated heterocycles. The molecule has 100 valence electrons. The molecule has 1 nitrogen and oxygen atoms in total. The van der Waals surface area contributed by atoms with Crippen LogP contribution in [0.1, 0.15) is 29.7 Å². The molecule has 1 N–H and O–H groups in total. The minimum atomic E-state index is -0.232. The zero-order valence-electron chi connectivity index (χ0n) is 11.1. The van der Waals surface area contributed by atoms with Crippen LogP contribution >= 0.6 is 0 Å². The smallest absolute Gasteiger partial charge is 0.123 e. The first-order valence-corrected chi connectivity index (χ1v) is 6.30. The monoisotopic (exact) mass is 261 g/mol. The lowest BCUT2D eigenvalue weighted by Gasteiger charge is -2.15. The third-order valence-electron chi connectivity index (χ3n) is 3.25. The Balaban J connectivity index is 2.02. The molecule has 0 radical (unpaired) electrons. The Bertz CT molecular complexity index is 566. The van der Waals surface area contributed by atoms with Gasteiger partial charge in [0.25, 0.3) is 0 Å². The molecule has 0 bridgehead atoms. The quantitative estimate of drug-likeness (QED) is 0.872. The number of hydrogen-bond acceptors (Lipinski definition) is 1. The molecule has 0 saturated carbocycles. The van der Waals surface area contributed by atoms with Gasteiger partial charge in [0.15, 0.2) is 0 Å². The Labute approximate surface area is 112 Å². The van der Waals surface area contributed by atoms with Gasteiger partial charge in [0, 0.05) is 12.6 Å². The van der Waals surface area contributed by atoms with E-state index in [4.69, 9.17) is 0 Å². The Hall–Kier alpha value is -1.74. The summed E-state index contributed by atoms with van der Waals surface area (Å²) in [6, 6.07) is 11.3. The second-order valence-electron chi connectivity index (χ2n) is 4.73. The second kappa shape index (κ2) is 5.93. The highest BCUT2D eigenvalue weighted by Gasteiger charge is 2.07. The second-order valence-corrected chi connectivity index (χ2v) is 4.73. The highest BCUT2D eigenvalue weighted by Crippen LogP contribution is 2.16. The molecule has 3 heteroatoms. The van der Waals surface area contributed by atoms with Crippen LogP contribution in [0.4, 0.5) is 8.78 Å². The van der Waals surface area contributed by atoms with E-state index in [1.165, 1.54) is 24.3 Å². The number of hydrogen-bond donors (Lipinski definition) is 1. The van der Waals surface area contributed by atoms with Crippen LogP contribution < -0.4 is 5.32 Å². The highest BCUT2D eigenvalue weighted by molar-refractivity contribution is 5.27. The summed E-state index contributed by atoms with van der Waals surface area (Å²) in [5, 5.41) is 3.31.